The number of rotatable bonds is 9. The lowest BCUT2D eigenvalue weighted by atomic mass is 10.2. The molecule has 2 rings (SSSR count). The number of aryl methyl sites for hydroxylation is 1. The largest absolute Gasteiger partial charge is 0.483 e. The molecule has 0 unspecified atom stereocenters. The number of amides is 1. The van der Waals surface area contributed by atoms with Crippen LogP contribution in [0.2, 0.25) is 0 Å². The minimum absolute atomic E-state index is 0.00957. The van der Waals surface area contributed by atoms with Crippen LogP contribution in [0.3, 0.4) is 0 Å². The Kier molecular flexibility index (Phi) is 8.09. The fourth-order valence-electron chi connectivity index (χ4n) is 2.47. The molecule has 4 N–H and O–H groups in total. The normalized spacial score (nSPS) is 10.8. The molecule has 0 fully saturated rings. The highest BCUT2D eigenvalue weighted by Crippen LogP contribution is 2.22. The Balaban J connectivity index is 1.89. The van der Waals surface area contributed by atoms with Crippen molar-refractivity contribution in [1.29, 1.82) is 0 Å². The van der Waals surface area contributed by atoms with E-state index in [0.717, 1.165) is 46.7 Å². The van der Waals surface area contributed by atoms with E-state index in [1.54, 1.807) is 0 Å². The van der Waals surface area contributed by atoms with Gasteiger partial charge in [-0.25, -0.2) is 0 Å². The summed E-state index contributed by atoms with van der Waals surface area (Å²) in [6.45, 7) is 4.97. The maximum absolute atomic E-state index is 12.1. The third-order valence-electron chi connectivity index (χ3n) is 3.93. The van der Waals surface area contributed by atoms with Crippen molar-refractivity contribution in [3.05, 3.63) is 58.1 Å². The Labute approximate surface area is 163 Å². The number of likely N-dealkylation sites (N-methyl/N-ethyl adjacent to an activating group) is 1. The maximum Gasteiger partial charge on any atom is 0.262 e. The van der Waals surface area contributed by atoms with E-state index in [-0.39, 0.29) is 12.5 Å². The Morgan fingerprint density at radius 1 is 1.19 bits per heavy atom. The molecule has 0 saturated carbocycles. The van der Waals surface area contributed by atoms with E-state index in [1.807, 2.05) is 49.4 Å². The molecule has 1 amide bonds. The second-order valence-electron chi connectivity index (χ2n) is 6.69. The van der Waals surface area contributed by atoms with Crippen molar-refractivity contribution in [1.82, 2.24) is 0 Å². The first-order valence-electron chi connectivity index (χ1n) is 8.82. The molecule has 0 saturated heterocycles. The number of nitrogens with one attached hydrogen (secondary N) is 2. The fourth-order valence-corrected chi connectivity index (χ4v) is 2.88. The zero-order valence-corrected chi connectivity index (χ0v) is 17.2. The second kappa shape index (κ2) is 10.3. The standard InChI is InChI=1S/C20H26BrN3O2/c1-15-4-7-18(8-5-15)23-20(25)14-26-19-9-6-17(21)12-16(19)13-22-10-11-24(2)3/h4-9,12,22H,10-11,13-14H2,1-3H3,(H,23,25)/p+2. The number of ether oxygens (including phenoxy) is 1. The Hall–Kier alpha value is -1.89. The first-order valence-corrected chi connectivity index (χ1v) is 9.62. The van der Waals surface area contributed by atoms with Gasteiger partial charge in [-0.2, -0.15) is 0 Å². The summed E-state index contributed by atoms with van der Waals surface area (Å²) in [5, 5.41) is 5.11. The third kappa shape index (κ3) is 7.15. The second-order valence-corrected chi connectivity index (χ2v) is 7.61. The molecule has 2 aromatic carbocycles. The van der Waals surface area contributed by atoms with Crippen molar-refractivity contribution in [3.63, 3.8) is 0 Å². The average molecular weight is 422 g/mol. The van der Waals surface area contributed by atoms with Gasteiger partial charge in [-0.15, -0.1) is 0 Å². The van der Waals surface area contributed by atoms with E-state index in [4.69, 9.17) is 4.74 Å². The van der Waals surface area contributed by atoms with Crippen LogP contribution in [0.1, 0.15) is 11.1 Å². The summed E-state index contributed by atoms with van der Waals surface area (Å²) in [7, 11) is 4.29. The van der Waals surface area contributed by atoms with E-state index in [2.05, 4.69) is 40.7 Å². The molecule has 0 spiro atoms. The molecular formula is C20H28BrN3O2+2. The third-order valence-corrected chi connectivity index (χ3v) is 4.42. The van der Waals surface area contributed by atoms with E-state index < -0.39 is 0 Å². The topological polar surface area (TPSA) is 59.4 Å². The average Bonchev–Trinajstić information content (AvgIpc) is 2.60. The zero-order valence-electron chi connectivity index (χ0n) is 15.6. The summed E-state index contributed by atoms with van der Waals surface area (Å²) < 4.78 is 6.78. The minimum Gasteiger partial charge on any atom is -0.483 e. The number of anilines is 1. The van der Waals surface area contributed by atoms with Crippen molar-refractivity contribution < 1.29 is 19.7 Å². The van der Waals surface area contributed by atoms with E-state index in [1.165, 1.54) is 4.90 Å². The molecule has 2 aromatic rings. The number of carbonyl (C=O) groups is 1. The Morgan fingerprint density at radius 2 is 1.92 bits per heavy atom. The predicted octanol–water partition coefficient (Wildman–Crippen LogP) is 0.983. The van der Waals surface area contributed by atoms with Gasteiger partial charge in [-0.05, 0) is 37.3 Å². The van der Waals surface area contributed by atoms with E-state index in [0.29, 0.717) is 0 Å². The highest BCUT2D eigenvalue weighted by Gasteiger charge is 2.10. The van der Waals surface area contributed by atoms with Crippen molar-refractivity contribution in [2.45, 2.75) is 13.5 Å². The maximum atomic E-state index is 12.1. The van der Waals surface area contributed by atoms with Gasteiger partial charge in [0.25, 0.3) is 5.91 Å². The van der Waals surface area contributed by atoms with Crippen LogP contribution >= 0.6 is 15.9 Å². The highest BCUT2D eigenvalue weighted by atomic mass is 79.9. The Morgan fingerprint density at radius 3 is 2.62 bits per heavy atom. The van der Waals surface area contributed by atoms with Gasteiger partial charge in [-0.3, -0.25) is 4.79 Å². The van der Waals surface area contributed by atoms with Gasteiger partial charge in [0.15, 0.2) is 6.61 Å². The smallest absolute Gasteiger partial charge is 0.262 e. The summed E-state index contributed by atoms with van der Waals surface area (Å²) in [6.07, 6.45) is 0. The van der Waals surface area contributed by atoms with Gasteiger partial charge in [0, 0.05) is 15.7 Å². The molecule has 0 aromatic heterocycles. The summed E-state index contributed by atoms with van der Waals surface area (Å²) in [5.74, 6) is 0.587. The van der Waals surface area contributed by atoms with Gasteiger partial charge in [-0.1, -0.05) is 33.6 Å². The number of benzene rings is 2. The van der Waals surface area contributed by atoms with Crippen molar-refractivity contribution in [2.75, 3.05) is 39.1 Å². The van der Waals surface area contributed by atoms with Crippen molar-refractivity contribution in [2.24, 2.45) is 0 Å². The number of nitrogens with two attached hydrogens (primary N) is 1. The minimum atomic E-state index is -0.164. The lowest BCUT2D eigenvalue weighted by molar-refractivity contribution is -0.875. The molecular weight excluding hydrogens is 394 g/mol. The van der Waals surface area contributed by atoms with Crippen molar-refractivity contribution in [3.8, 4) is 5.75 Å². The van der Waals surface area contributed by atoms with Gasteiger partial charge < -0.3 is 20.3 Å². The summed E-state index contributed by atoms with van der Waals surface area (Å²) in [6, 6.07) is 13.6. The van der Waals surface area contributed by atoms with E-state index >= 15 is 0 Å². The van der Waals surface area contributed by atoms with Gasteiger partial charge in [0.1, 0.15) is 25.4 Å². The molecule has 26 heavy (non-hydrogen) atoms. The Bertz CT molecular complexity index is 717. The molecule has 0 atom stereocenters. The number of hydrogen-bond acceptors (Lipinski definition) is 2. The lowest BCUT2D eigenvalue weighted by Crippen LogP contribution is -3.09. The predicted molar refractivity (Wildman–Crippen MR) is 108 cm³/mol. The summed E-state index contributed by atoms with van der Waals surface area (Å²) in [4.78, 5) is 13.6. The summed E-state index contributed by atoms with van der Waals surface area (Å²) in [5.41, 5.74) is 3.02. The van der Waals surface area contributed by atoms with Crippen LogP contribution in [0, 0.1) is 6.92 Å². The fraction of sp³-hybridized carbons (Fsp3) is 0.350. The van der Waals surface area contributed by atoms with Crippen LogP contribution in [0.4, 0.5) is 5.69 Å². The van der Waals surface area contributed by atoms with Crippen LogP contribution in [0.25, 0.3) is 0 Å². The summed E-state index contributed by atoms with van der Waals surface area (Å²) >= 11 is 3.51. The van der Waals surface area contributed by atoms with Crippen LogP contribution in [0.15, 0.2) is 46.9 Å². The number of halogens is 1. The van der Waals surface area contributed by atoms with Gasteiger partial charge in [0.2, 0.25) is 0 Å². The molecule has 0 aliphatic carbocycles. The monoisotopic (exact) mass is 421 g/mol. The molecule has 0 heterocycles. The van der Waals surface area contributed by atoms with Crippen molar-refractivity contribution >= 4 is 27.5 Å². The van der Waals surface area contributed by atoms with Crippen LogP contribution in [-0.4, -0.2) is 39.7 Å². The molecule has 5 nitrogen and oxygen atoms in total. The first-order chi connectivity index (χ1) is 12.4. The van der Waals surface area contributed by atoms with Gasteiger partial charge >= 0.3 is 0 Å². The van der Waals surface area contributed by atoms with E-state index in [9.17, 15) is 4.79 Å². The number of quaternary nitrogens is 2. The van der Waals surface area contributed by atoms with Crippen LogP contribution < -0.4 is 20.3 Å². The highest BCUT2D eigenvalue weighted by molar-refractivity contribution is 9.10. The molecule has 0 radical (unpaired) electrons. The SMILES string of the molecule is Cc1ccc(NC(=O)COc2ccc(Br)cc2C[NH2+]CC[NH+](C)C)cc1. The number of hydrogen-bond donors (Lipinski definition) is 3. The molecule has 0 bridgehead atoms. The molecule has 140 valence electrons. The zero-order chi connectivity index (χ0) is 18.9. The first kappa shape index (κ1) is 20.4. The number of carbonyl (C=O) groups excluding carboxylic acids is 1. The molecule has 6 heteroatoms. The van der Waals surface area contributed by atoms with Crippen LogP contribution in [0.5, 0.6) is 5.75 Å². The lowest BCUT2D eigenvalue weighted by Gasteiger charge is -2.12. The van der Waals surface area contributed by atoms with Crippen LogP contribution in [-0.2, 0) is 11.3 Å². The molecule has 0 aliphatic heterocycles. The molecule has 0 aliphatic rings. The quantitative estimate of drug-likeness (QED) is 0.528. The van der Waals surface area contributed by atoms with Gasteiger partial charge in [0.05, 0.1) is 14.1 Å².